The van der Waals surface area contributed by atoms with Gasteiger partial charge in [-0.25, -0.2) is 8.42 Å². The molecule has 0 radical (unpaired) electrons. The van der Waals surface area contributed by atoms with Crippen LogP contribution in [0.25, 0.3) is 0 Å². The summed E-state index contributed by atoms with van der Waals surface area (Å²) in [6.45, 7) is 1.40. The largest absolute Gasteiger partial charge is 0.495 e. The summed E-state index contributed by atoms with van der Waals surface area (Å²) in [6, 6.07) is 9.58. The van der Waals surface area contributed by atoms with Crippen molar-refractivity contribution in [2.75, 3.05) is 33.1 Å². The average molecular weight is 413 g/mol. The van der Waals surface area contributed by atoms with Crippen LogP contribution < -0.4 is 14.8 Å². The van der Waals surface area contributed by atoms with Crippen LogP contribution in [0.3, 0.4) is 0 Å². The van der Waals surface area contributed by atoms with Gasteiger partial charge < -0.3 is 14.8 Å². The third-order valence-corrected chi connectivity index (χ3v) is 5.93. The molecule has 0 saturated carbocycles. The van der Waals surface area contributed by atoms with Gasteiger partial charge >= 0.3 is 0 Å². The molecule has 0 aliphatic rings. The van der Waals surface area contributed by atoms with Crippen molar-refractivity contribution in [1.29, 1.82) is 0 Å². The van der Waals surface area contributed by atoms with Gasteiger partial charge in [0.05, 0.1) is 25.8 Å². The van der Waals surface area contributed by atoms with Crippen molar-refractivity contribution in [1.82, 2.24) is 4.31 Å². The first-order valence-electron chi connectivity index (χ1n) is 7.93. The number of nitrogens with one attached hydrogen (secondary N) is 1. The SMILES string of the molecule is COc1ccc(NC(=O)CN(C)S(=O)(=O)c2cc(C)ccc2OC)cc1Cl. The minimum atomic E-state index is -3.91. The molecular weight excluding hydrogens is 392 g/mol. The Morgan fingerprint density at radius 2 is 1.74 bits per heavy atom. The van der Waals surface area contributed by atoms with E-state index in [0.29, 0.717) is 16.5 Å². The standard InChI is InChI=1S/C18H21ClN2O5S/c1-12-5-7-16(26-4)17(9-12)27(23,24)21(2)11-18(22)20-13-6-8-15(25-3)14(19)10-13/h5-10H,11H2,1-4H3,(H,20,22). The highest BCUT2D eigenvalue weighted by Crippen LogP contribution is 2.28. The van der Waals surface area contributed by atoms with Gasteiger partial charge in [-0.05, 0) is 42.8 Å². The number of nitrogens with zero attached hydrogens (tertiary/aromatic N) is 1. The zero-order valence-electron chi connectivity index (χ0n) is 15.4. The lowest BCUT2D eigenvalue weighted by atomic mass is 10.2. The second-order valence-electron chi connectivity index (χ2n) is 5.81. The van der Waals surface area contributed by atoms with E-state index in [1.54, 1.807) is 31.2 Å². The predicted octanol–water partition coefficient (Wildman–Crippen LogP) is 2.92. The smallest absolute Gasteiger partial charge is 0.246 e. The maximum Gasteiger partial charge on any atom is 0.246 e. The second-order valence-corrected chi connectivity index (χ2v) is 8.23. The number of anilines is 1. The van der Waals surface area contributed by atoms with Crippen LogP contribution >= 0.6 is 11.6 Å². The van der Waals surface area contributed by atoms with Gasteiger partial charge in [-0.15, -0.1) is 0 Å². The van der Waals surface area contributed by atoms with Crippen LogP contribution in [0, 0.1) is 6.92 Å². The zero-order valence-corrected chi connectivity index (χ0v) is 17.0. The summed E-state index contributed by atoms with van der Waals surface area (Å²) >= 11 is 6.02. The molecule has 146 valence electrons. The van der Waals surface area contributed by atoms with Gasteiger partial charge in [0.25, 0.3) is 0 Å². The molecule has 2 aromatic rings. The fourth-order valence-corrected chi connectivity index (χ4v) is 4.01. The summed E-state index contributed by atoms with van der Waals surface area (Å²) in [6.07, 6.45) is 0. The molecular formula is C18H21ClN2O5S. The number of hydrogen-bond donors (Lipinski definition) is 1. The molecule has 9 heteroatoms. The zero-order chi connectivity index (χ0) is 20.2. The molecule has 1 N–H and O–H groups in total. The van der Waals surface area contributed by atoms with Gasteiger partial charge in [0.1, 0.15) is 16.4 Å². The van der Waals surface area contributed by atoms with Crippen LogP contribution in [0.1, 0.15) is 5.56 Å². The average Bonchev–Trinajstić information content (AvgIpc) is 2.61. The molecule has 0 aliphatic heterocycles. The van der Waals surface area contributed by atoms with Gasteiger partial charge in [0.15, 0.2) is 0 Å². The first kappa shape index (κ1) is 21.0. The molecule has 0 saturated heterocycles. The Morgan fingerprint density at radius 3 is 2.33 bits per heavy atom. The number of sulfonamides is 1. The minimum Gasteiger partial charge on any atom is -0.495 e. The Morgan fingerprint density at radius 1 is 1.11 bits per heavy atom. The van der Waals surface area contributed by atoms with E-state index in [2.05, 4.69) is 5.32 Å². The maximum atomic E-state index is 12.8. The number of rotatable bonds is 7. The highest BCUT2D eigenvalue weighted by Gasteiger charge is 2.26. The van der Waals surface area contributed by atoms with E-state index in [-0.39, 0.29) is 17.2 Å². The number of aryl methyl sites for hydroxylation is 1. The third-order valence-electron chi connectivity index (χ3n) is 3.81. The number of ether oxygens (including phenoxy) is 2. The van der Waals surface area contributed by atoms with Gasteiger partial charge in [0.2, 0.25) is 15.9 Å². The fraction of sp³-hybridized carbons (Fsp3) is 0.278. The Bertz CT molecular complexity index is 947. The Kier molecular flexibility index (Phi) is 6.69. The lowest BCUT2D eigenvalue weighted by molar-refractivity contribution is -0.116. The molecule has 0 fully saturated rings. The highest BCUT2D eigenvalue weighted by molar-refractivity contribution is 7.89. The number of carbonyl (C=O) groups is 1. The van der Waals surface area contributed by atoms with Crippen LogP contribution in [0.2, 0.25) is 5.02 Å². The summed E-state index contributed by atoms with van der Waals surface area (Å²) in [5, 5.41) is 2.95. The van der Waals surface area contributed by atoms with Crippen molar-refractivity contribution in [2.24, 2.45) is 0 Å². The summed E-state index contributed by atoms with van der Waals surface area (Å²) in [4.78, 5) is 12.3. The topological polar surface area (TPSA) is 84.9 Å². The summed E-state index contributed by atoms with van der Waals surface area (Å²) in [5.41, 5.74) is 1.20. The van der Waals surface area contributed by atoms with E-state index >= 15 is 0 Å². The van der Waals surface area contributed by atoms with Crippen molar-refractivity contribution < 1.29 is 22.7 Å². The molecule has 1 amide bonds. The molecule has 0 aliphatic carbocycles. The molecule has 2 rings (SSSR count). The van der Waals surface area contributed by atoms with Crippen LogP contribution in [0.4, 0.5) is 5.69 Å². The third kappa shape index (κ3) is 4.91. The molecule has 27 heavy (non-hydrogen) atoms. The van der Waals surface area contributed by atoms with Crippen molar-refractivity contribution in [3.8, 4) is 11.5 Å². The van der Waals surface area contributed by atoms with E-state index in [9.17, 15) is 13.2 Å². The molecule has 7 nitrogen and oxygen atoms in total. The Hall–Kier alpha value is -2.29. The second kappa shape index (κ2) is 8.60. The van der Waals surface area contributed by atoms with E-state index in [4.69, 9.17) is 21.1 Å². The first-order valence-corrected chi connectivity index (χ1v) is 9.75. The number of amides is 1. The van der Waals surface area contributed by atoms with Gasteiger partial charge in [-0.1, -0.05) is 17.7 Å². The molecule has 2 aromatic carbocycles. The molecule has 0 spiro atoms. The quantitative estimate of drug-likeness (QED) is 0.755. The van der Waals surface area contributed by atoms with Crippen LogP contribution in [-0.2, 0) is 14.8 Å². The van der Waals surface area contributed by atoms with Gasteiger partial charge in [0, 0.05) is 12.7 Å². The number of methoxy groups -OCH3 is 2. The number of benzene rings is 2. The molecule has 0 heterocycles. The van der Waals surface area contributed by atoms with E-state index in [1.165, 1.54) is 33.4 Å². The highest BCUT2D eigenvalue weighted by atomic mass is 35.5. The number of halogens is 1. The lowest BCUT2D eigenvalue weighted by Crippen LogP contribution is -2.35. The summed E-state index contributed by atoms with van der Waals surface area (Å²) in [5.74, 6) is 0.185. The van der Waals surface area contributed by atoms with Crippen LogP contribution in [0.15, 0.2) is 41.3 Å². The summed E-state index contributed by atoms with van der Waals surface area (Å²) in [7, 11) is 0.300. The molecule has 0 atom stereocenters. The number of carbonyl (C=O) groups excluding carboxylic acids is 1. The minimum absolute atomic E-state index is 0.00721. The number of hydrogen-bond acceptors (Lipinski definition) is 5. The maximum absolute atomic E-state index is 12.8. The van der Waals surface area contributed by atoms with Crippen molar-refractivity contribution in [2.45, 2.75) is 11.8 Å². The van der Waals surface area contributed by atoms with Crippen molar-refractivity contribution in [3.05, 3.63) is 47.0 Å². The van der Waals surface area contributed by atoms with Gasteiger partial charge in [-0.2, -0.15) is 4.31 Å². The normalized spacial score (nSPS) is 11.3. The van der Waals surface area contributed by atoms with Crippen molar-refractivity contribution >= 4 is 33.2 Å². The predicted molar refractivity (Wildman–Crippen MR) is 104 cm³/mol. The van der Waals surface area contributed by atoms with E-state index in [1.807, 2.05) is 0 Å². The summed E-state index contributed by atoms with van der Waals surface area (Å²) < 4.78 is 36.8. The first-order chi connectivity index (χ1) is 12.7. The Balaban J connectivity index is 2.16. The monoisotopic (exact) mass is 412 g/mol. The van der Waals surface area contributed by atoms with Crippen molar-refractivity contribution in [3.63, 3.8) is 0 Å². The van der Waals surface area contributed by atoms with Crippen LogP contribution in [0.5, 0.6) is 11.5 Å². The number of likely N-dealkylation sites (N-methyl/N-ethyl adjacent to an activating group) is 1. The molecule has 0 aromatic heterocycles. The fourth-order valence-electron chi connectivity index (χ4n) is 2.39. The van der Waals surface area contributed by atoms with Crippen LogP contribution in [-0.4, -0.2) is 46.4 Å². The molecule has 0 bridgehead atoms. The van der Waals surface area contributed by atoms with E-state index in [0.717, 1.165) is 9.87 Å². The van der Waals surface area contributed by atoms with E-state index < -0.39 is 15.9 Å². The molecule has 0 unspecified atom stereocenters. The Labute approximate surface area is 163 Å². The van der Waals surface area contributed by atoms with Gasteiger partial charge in [-0.3, -0.25) is 4.79 Å². The lowest BCUT2D eigenvalue weighted by Gasteiger charge is -2.19.